The van der Waals surface area contributed by atoms with Crippen molar-refractivity contribution >= 4 is 18.9 Å². The van der Waals surface area contributed by atoms with Crippen LogP contribution in [0.2, 0.25) is 0 Å². The van der Waals surface area contributed by atoms with Crippen LogP contribution in [0.3, 0.4) is 0 Å². The van der Waals surface area contributed by atoms with E-state index >= 15 is 0 Å². The molecule has 5 heteroatoms. The maximum atomic E-state index is 11.6. The van der Waals surface area contributed by atoms with Gasteiger partial charge in [0, 0.05) is 5.30 Å². The number of rotatable bonds is 3. The van der Waals surface area contributed by atoms with E-state index in [1.807, 2.05) is 6.92 Å². The number of hydrogen-bond acceptors (Lipinski definition) is 3. The van der Waals surface area contributed by atoms with Gasteiger partial charge in [-0.1, -0.05) is 17.7 Å². The van der Waals surface area contributed by atoms with Gasteiger partial charge < -0.3 is 10.1 Å². The van der Waals surface area contributed by atoms with Crippen LogP contribution in [-0.2, 0) is 4.57 Å². The van der Waals surface area contributed by atoms with E-state index < -0.39 is 7.37 Å². The van der Waals surface area contributed by atoms with Gasteiger partial charge in [-0.3, -0.25) is 4.57 Å². The van der Waals surface area contributed by atoms with E-state index in [1.165, 1.54) is 0 Å². The number of oxime groups is 1. The summed E-state index contributed by atoms with van der Waals surface area (Å²) in [7, 11) is -3.39. The normalized spacial score (nSPS) is 15.6. The van der Waals surface area contributed by atoms with E-state index in [9.17, 15) is 9.46 Å². The van der Waals surface area contributed by atoms with Crippen LogP contribution in [0.4, 0.5) is 0 Å². The zero-order valence-corrected chi connectivity index (χ0v) is 8.69. The number of aryl methyl sites for hydroxylation is 1. The monoisotopic (exact) mass is 213 g/mol. The van der Waals surface area contributed by atoms with E-state index in [0.29, 0.717) is 5.30 Å². The van der Waals surface area contributed by atoms with Gasteiger partial charge in [-0.15, -0.1) is 5.16 Å². The molecule has 1 atom stereocenters. The fraction of sp³-hybridized carbons (Fsp3) is 0.222. The first-order valence-corrected chi connectivity index (χ1v) is 5.96. The minimum absolute atomic E-state index is 0.146. The molecule has 1 aromatic carbocycles. The van der Waals surface area contributed by atoms with Gasteiger partial charge in [0.25, 0.3) is 0 Å². The highest BCUT2D eigenvalue weighted by atomic mass is 31.2. The highest BCUT2D eigenvalue weighted by Crippen LogP contribution is 2.37. The fourth-order valence-corrected chi connectivity index (χ4v) is 2.15. The van der Waals surface area contributed by atoms with E-state index in [0.717, 1.165) is 11.8 Å². The van der Waals surface area contributed by atoms with E-state index in [4.69, 9.17) is 5.21 Å². The minimum Gasteiger partial charge on any atom is -0.411 e. The quantitative estimate of drug-likeness (QED) is 0.344. The lowest BCUT2D eigenvalue weighted by molar-refractivity contribution is 0.321. The molecule has 0 bridgehead atoms. The summed E-state index contributed by atoms with van der Waals surface area (Å²) >= 11 is 0. The molecule has 1 rings (SSSR count). The van der Waals surface area contributed by atoms with Crippen molar-refractivity contribution in [3.8, 4) is 0 Å². The Morgan fingerprint density at radius 2 is 2.00 bits per heavy atom. The van der Waals surface area contributed by atoms with E-state index in [1.54, 1.807) is 24.3 Å². The average molecular weight is 213 g/mol. The summed E-state index contributed by atoms with van der Waals surface area (Å²) in [5, 5.41) is 11.2. The van der Waals surface area contributed by atoms with E-state index in [-0.39, 0.29) is 6.16 Å². The van der Waals surface area contributed by atoms with Gasteiger partial charge in [0.15, 0.2) is 0 Å². The van der Waals surface area contributed by atoms with Crippen LogP contribution >= 0.6 is 7.37 Å². The van der Waals surface area contributed by atoms with Gasteiger partial charge in [-0.25, -0.2) is 0 Å². The highest BCUT2D eigenvalue weighted by molar-refractivity contribution is 7.66. The summed E-state index contributed by atoms with van der Waals surface area (Å²) in [6.45, 7) is 1.90. The van der Waals surface area contributed by atoms with Crippen molar-refractivity contribution in [1.29, 1.82) is 0 Å². The summed E-state index contributed by atoms with van der Waals surface area (Å²) in [6.07, 6.45) is 0.882. The van der Waals surface area contributed by atoms with Crippen molar-refractivity contribution in [2.45, 2.75) is 6.92 Å². The number of benzene rings is 1. The van der Waals surface area contributed by atoms with Gasteiger partial charge in [0.05, 0.1) is 12.4 Å². The minimum atomic E-state index is -3.39. The number of hydrogen-bond donors (Lipinski definition) is 2. The van der Waals surface area contributed by atoms with Gasteiger partial charge in [0.1, 0.15) is 0 Å². The van der Waals surface area contributed by atoms with Crippen LogP contribution in [0, 0.1) is 6.92 Å². The summed E-state index contributed by atoms with van der Waals surface area (Å²) in [5.41, 5.74) is 1.03. The third-order valence-corrected chi connectivity index (χ3v) is 3.61. The Morgan fingerprint density at radius 1 is 1.43 bits per heavy atom. The van der Waals surface area contributed by atoms with Crippen molar-refractivity contribution in [2.75, 3.05) is 6.16 Å². The van der Waals surface area contributed by atoms with Crippen molar-refractivity contribution in [3.05, 3.63) is 29.8 Å². The zero-order chi connectivity index (χ0) is 10.6. The predicted octanol–water partition coefficient (Wildman–Crippen LogP) is 1.35. The summed E-state index contributed by atoms with van der Waals surface area (Å²) in [6, 6.07) is 6.77. The van der Waals surface area contributed by atoms with Crippen LogP contribution in [0.25, 0.3) is 0 Å². The van der Waals surface area contributed by atoms with Crippen LogP contribution < -0.4 is 5.30 Å². The molecule has 4 nitrogen and oxygen atoms in total. The van der Waals surface area contributed by atoms with Crippen molar-refractivity contribution in [2.24, 2.45) is 5.16 Å². The van der Waals surface area contributed by atoms with Gasteiger partial charge in [-0.2, -0.15) is 0 Å². The Hall–Kier alpha value is -1.12. The lowest BCUT2D eigenvalue weighted by atomic mass is 10.2. The molecule has 0 aliphatic heterocycles. The molecule has 0 aliphatic carbocycles. The van der Waals surface area contributed by atoms with Crippen LogP contribution in [-0.4, -0.2) is 22.5 Å². The predicted molar refractivity (Wildman–Crippen MR) is 55.8 cm³/mol. The third-order valence-electron chi connectivity index (χ3n) is 1.85. The second-order valence-electron chi connectivity index (χ2n) is 3.02. The molecule has 0 aliphatic rings. The maximum Gasteiger partial charge on any atom is 0.234 e. The molecule has 1 unspecified atom stereocenters. The lowest BCUT2D eigenvalue weighted by Gasteiger charge is -2.08. The maximum absolute atomic E-state index is 11.6. The second kappa shape index (κ2) is 4.40. The van der Waals surface area contributed by atoms with Crippen LogP contribution in [0.1, 0.15) is 5.56 Å². The molecule has 0 heterocycles. The molecule has 0 saturated heterocycles. The van der Waals surface area contributed by atoms with Crippen LogP contribution in [0.5, 0.6) is 0 Å². The summed E-state index contributed by atoms with van der Waals surface area (Å²) in [5.74, 6) is 0. The molecular formula is C9H12NO3P. The number of nitrogens with zero attached hydrogens (tertiary/aromatic N) is 1. The van der Waals surface area contributed by atoms with Gasteiger partial charge >= 0.3 is 0 Å². The SMILES string of the molecule is Cc1ccc(P(=O)(O)CC=NO)cc1. The average Bonchev–Trinajstić information content (AvgIpc) is 2.16. The molecule has 76 valence electrons. The van der Waals surface area contributed by atoms with Crippen molar-refractivity contribution < 1.29 is 14.7 Å². The largest absolute Gasteiger partial charge is 0.411 e. The molecule has 1 aromatic rings. The first kappa shape index (κ1) is 11.0. The Labute approximate surface area is 82.3 Å². The molecule has 0 amide bonds. The standard InChI is InChI=1S/C9H12NO3P/c1-8-2-4-9(5-3-8)14(12,13)7-6-10-11/h2-6,11H,7H2,1H3,(H,12,13). The third kappa shape index (κ3) is 2.69. The molecule has 2 N–H and O–H groups in total. The van der Waals surface area contributed by atoms with Gasteiger partial charge in [0.2, 0.25) is 7.37 Å². The highest BCUT2D eigenvalue weighted by Gasteiger charge is 2.19. The Bertz CT molecular complexity index is 372. The van der Waals surface area contributed by atoms with Gasteiger partial charge in [-0.05, 0) is 19.1 Å². The first-order valence-electron chi connectivity index (χ1n) is 4.11. The first-order chi connectivity index (χ1) is 6.56. The molecule has 0 fully saturated rings. The van der Waals surface area contributed by atoms with Crippen molar-refractivity contribution in [1.82, 2.24) is 0 Å². The van der Waals surface area contributed by atoms with Crippen LogP contribution in [0.15, 0.2) is 29.4 Å². The lowest BCUT2D eigenvalue weighted by Crippen LogP contribution is -2.07. The van der Waals surface area contributed by atoms with Crippen molar-refractivity contribution in [3.63, 3.8) is 0 Å². The molecule has 0 radical (unpaired) electrons. The molecular weight excluding hydrogens is 201 g/mol. The Morgan fingerprint density at radius 3 is 2.50 bits per heavy atom. The Balaban J connectivity index is 2.92. The Kier molecular flexibility index (Phi) is 3.44. The molecule has 0 saturated carbocycles. The zero-order valence-electron chi connectivity index (χ0n) is 7.79. The molecule has 14 heavy (non-hydrogen) atoms. The molecule has 0 spiro atoms. The second-order valence-corrected chi connectivity index (χ2v) is 5.30. The topological polar surface area (TPSA) is 69.9 Å². The molecule has 0 aromatic heterocycles. The smallest absolute Gasteiger partial charge is 0.234 e. The summed E-state index contributed by atoms with van der Waals surface area (Å²) < 4.78 is 11.6. The van der Waals surface area contributed by atoms with E-state index in [2.05, 4.69) is 5.16 Å². The summed E-state index contributed by atoms with van der Waals surface area (Å²) in [4.78, 5) is 9.56. The fourth-order valence-electron chi connectivity index (χ4n) is 1.03.